The lowest BCUT2D eigenvalue weighted by Gasteiger charge is -2.21. The molecule has 0 saturated heterocycles. The zero-order chi connectivity index (χ0) is 12.1. The molecule has 1 aromatic heterocycles. The van der Waals surface area contributed by atoms with Crippen molar-refractivity contribution in [3.63, 3.8) is 0 Å². The third-order valence-corrected chi connectivity index (χ3v) is 4.96. The van der Waals surface area contributed by atoms with Crippen LogP contribution in [0, 0.1) is 5.92 Å². The van der Waals surface area contributed by atoms with E-state index < -0.39 is 0 Å². The van der Waals surface area contributed by atoms with Crippen molar-refractivity contribution in [2.45, 2.75) is 32.1 Å². The van der Waals surface area contributed by atoms with Crippen molar-refractivity contribution >= 4 is 33.0 Å². The summed E-state index contributed by atoms with van der Waals surface area (Å²) in [5, 5.41) is 3.51. The summed E-state index contributed by atoms with van der Waals surface area (Å²) in [7, 11) is 0. The fourth-order valence-corrected chi connectivity index (χ4v) is 3.69. The Kier molecular flexibility index (Phi) is 5.19. The number of carbonyl (C=O) groups is 1. The fraction of sp³-hybridized carbons (Fsp3) is 0.615. The van der Waals surface area contributed by atoms with Crippen LogP contribution in [0.2, 0.25) is 0 Å². The van der Waals surface area contributed by atoms with Gasteiger partial charge in [0.1, 0.15) is 5.78 Å². The van der Waals surface area contributed by atoms with Crippen LogP contribution in [0.1, 0.15) is 30.6 Å². The summed E-state index contributed by atoms with van der Waals surface area (Å²) in [6, 6.07) is 4.28. The Bertz CT molecular complexity index is 367. The number of halogens is 1. The summed E-state index contributed by atoms with van der Waals surface area (Å²) in [5.74, 6) is 1.16. The van der Waals surface area contributed by atoms with E-state index in [-0.39, 0.29) is 0 Å². The molecule has 1 heterocycles. The third-order valence-electron chi connectivity index (χ3n) is 3.27. The van der Waals surface area contributed by atoms with E-state index in [2.05, 4.69) is 33.4 Å². The summed E-state index contributed by atoms with van der Waals surface area (Å²) in [5.41, 5.74) is 0. The maximum absolute atomic E-state index is 11.1. The first-order valence-electron chi connectivity index (χ1n) is 6.20. The molecule has 1 aliphatic rings. The molecule has 1 saturated carbocycles. The molecule has 0 aromatic carbocycles. The Balaban J connectivity index is 1.58. The van der Waals surface area contributed by atoms with Gasteiger partial charge in [-0.2, -0.15) is 0 Å². The molecule has 1 aromatic rings. The number of rotatable bonds is 5. The van der Waals surface area contributed by atoms with E-state index in [1.165, 1.54) is 8.66 Å². The molecular weight excluding hydrogens is 298 g/mol. The predicted molar refractivity (Wildman–Crippen MR) is 75.6 cm³/mol. The zero-order valence-corrected chi connectivity index (χ0v) is 12.3. The SMILES string of the molecule is O=C1CCC(CNCCc2ccc(Br)s2)CC1. The molecule has 4 heteroatoms. The number of hydrogen-bond acceptors (Lipinski definition) is 3. The van der Waals surface area contributed by atoms with Crippen LogP contribution in [-0.4, -0.2) is 18.9 Å². The standard InChI is InChI=1S/C13H18BrNOS/c14-13-6-5-12(17-13)7-8-15-9-10-1-3-11(16)4-2-10/h5-6,10,15H,1-4,7-9H2. The summed E-state index contributed by atoms with van der Waals surface area (Å²) >= 11 is 5.28. The van der Waals surface area contributed by atoms with Crippen LogP contribution in [0.15, 0.2) is 15.9 Å². The summed E-state index contributed by atoms with van der Waals surface area (Å²) < 4.78 is 1.21. The van der Waals surface area contributed by atoms with E-state index >= 15 is 0 Å². The van der Waals surface area contributed by atoms with Crippen LogP contribution >= 0.6 is 27.3 Å². The van der Waals surface area contributed by atoms with Crippen LogP contribution < -0.4 is 5.32 Å². The van der Waals surface area contributed by atoms with Crippen LogP contribution in [0.5, 0.6) is 0 Å². The first-order chi connectivity index (χ1) is 8.24. The second-order valence-electron chi connectivity index (χ2n) is 4.64. The molecule has 0 aliphatic heterocycles. The number of ketones is 1. The summed E-state index contributed by atoms with van der Waals surface area (Å²) in [6.45, 7) is 2.11. The van der Waals surface area contributed by atoms with E-state index in [0.717, 1.165) is 45.2 Å². The maximum Gasteiger partial charge on any atom is 0.132 e. The van der Waals surface area contributed by atoms with Gasteiger partial charge in [-0.15, -0.1) is 11.3 Å². The second kappa shape index (κ2) is 6.66. The second-order valence-corrected chi connectivity index (χ2v) is 7.19. The molecule has 1 fully saturated rings. The van der Waals surface area contributed by atoms with Gasteiger partial charge in [0, 0.05) is 17.7 Å². The fourth-order valence-electron chi connectivity index (χ4n) is 2.21. The molecule has 2 rings (SSSR count). The number of Topliss-reactive ketones (excluding diaryl/α,β-unsaturated/α-hetero) is 1. The molecular formula is C13H18BrNOS. The van der Waals surface area contributed by atoms with Crippen LogP contribution in [0.4, 0.5) is 0 Å². The van der Waals surface area contributed by atoms with Crippen LogP contribution in [0.25, 0.3) is 0 Å². The van der Waals surface area contributed by atoms with Gasteiger partial charge in [0.25, 0.3) is 0 Å². The van der Waals surface area contributed by atoms with Gasteiger partial charge in [-0.25, -0.2) is 0 Å². The van der Waals surface area contributed by atoms with E-state index in [9.17, 15) is 4.79 Å². The molecule has 0 spiro atoms. The highest BCUT2D eigenvalue weighted by Gasteiger charge is 2.17. The first-order valence-corrected chi connectivity index (χ1v) is 7.81. The lowest BCUT2D eigenvalue weighted by Crippen LogP contribution is -2.27. The highest BCUT2D eigenvalue weighted by atomic mass is 79.9. The van der Waals surface area contributed by atoms with Crippen molar-refractivity contribution in [3.05, 3.63) is 20.8 Å². The Labute approximate surface area is 115 Å². The Morgan fingerprint density at radius 1 is 1.35 bits per heavy atom. The van der Waals surface area contributed by atoms with Gasteiger partial charge in [0.2, 0.25) is 0 Å². The van der Waals surface area contributed by atoms with Crippen molar-refractivity contribution < 1.29 is 4.79 Å². The normalized spacial score (nSPS) is 17.6. The number of carbonyl (C=O) groups excluding carboxylic acids is 1. The minimum Gasteiger partial charge on any atom is -0.316 e. The van der Waals surface area contributed by atoms with Crippen molar-refractivity contribution in [1.29, 1.82) is 0 Å². The van der Waals surface area contributed by atoms with Gasteiger partial charge in [0.15, 0.2) is 0 Å². The lowest BCUT2D eigenvalue weighted by atomic mass is 9.88. The van der Waals surface area contributed by atoms with Gasteiger partial charge in [-0.05, 0) is 66.3 Å². The van der Waals surface area contributed by atoms with E-state index in [1.807, 2.05) is 0 Å². The average Bonchev–Trinajstić information content (AvgIpc) is 2.73. The number of hydrogen-bond donors (Lipinski definition) is 1. The van der Waals surface area contributed by atoms with Gasteiger partial charge in [-0.3, -0.25) is 4.79 Å². The molecule has 0 unspecified atom stereocenters. The summed E-state index contributed by atoms with van der Waals surface area (Å²) in [4.78, 5) is 12.5. The van der Waals surface area contributed by atoms with Gasteiger partial charge in [0.05, 0.1) is 3.79 Å². The average molecular weight is 316 g/mol. The van der Waals surface area contributed by atoms with Crippen LogP contribution in [0.3, 0.4) is 0 Å². The highest BCUT2D eigenvalue weighted by molar-refractivity contribution is 9.11. The maximum atomic E-state index is 11.1. The van der Waals surface area contributed by atoms with Gasteiger partial charge < -0.3 is 5.32 Å². The molecule has 0 radical (unpaired) electrons. The van der Waals surface area contributed by atoms with Gasteiger partial charge in [-0.1, -0.05) is 0 Å². The van der Waals surface area contributed by atoms with Crippen molar-refractivity contribution in [3.8, 4) is 0 Å². The molecule has 0 atom stereocenters. The van der Waals surface area contributed by atoms with E-state index in [0.29, 0.717) is 11.7 Å². The molecule has 94 valence electrons. The third kappa shape index (κ3) is 4.53. The monoisotopic (exact) mass is 315 g/mol. The quantitative estimate of drug-likeness (QED) is 0.844. The number of nitrogens with one attached hydrogen (secondary N) is 1. The van der Waals surface area contributed by atoms with Crippen LogP contribution in [-0.2, 0) is 11.2 Å². The highest BCUT2D eigenvalue weighted by Crippen LogP contribution is 2.22. The molecule has 2 nitrogen and oxygen atoms in total. The Morgan fingerprint density at radius 2 is 2.12 bits per heavy atom. The predicted octanol–water partition coefficient (Wildman–Crippen LogP) is 3.40. The van der Waals surface area contributed by atoms with Crippen molar-refractivity contribution in [1.82, 2.24) is 5.32 Å². The minimum absolute atomic E-state index is 0.449. The molecule has 1 N–H and O–H groups in total. The topological polar surface area (TPSA) is 29.1 Å². The first kappa shape index (κ1) is 13.2. The lowest BCUT2D eigenvalue weighted by molar-refractivity contribution is -0.120. The number of thiophene rings is 1. The van der Waals surface area contributed by atoms with E-state index in [4.69, 9.17) is 0 Å². The van der Waals surface area contributed by atoms with Crippen molar-refractivity contribution in [2.75, 3.05) is 13.1 Å². The van der Waals surface area contributed by atoms with Crippen molar-refractivity contribution in [2.24, 2.45) is 5.92 Å². The zero-order valence-electron chi connectivity index (χ0n) is 9.88. The minimum atomic E-state index is 0.449. The summed E-state index contributed by atoms with van der Waals surface area (Å²) in [6.07, 6.45) is 4.85. The molecule has 0 bridgehead atoms. The largest absolute Gasteiger partial charge is 0.316 e. The van der Waals surface area contributed by atoms with E-state index in [1.54, 1.807) is 11.3 Å². The smallest absolute Gasteiger partial charge is 0.132 e. The molecule has 17 heavy (non-hydrogen) atoms. The van der Waals surface area contributed by atoms with Gasteiger partial charge >= 0.3 is 0 Å². The Hall–Kier alpha value is -0.190. The molecule has 0 amide bonds. The Morgan fingerprint density at radius 3 is 2.76 bits per heavy atom. The molecule has 1 aliphatic carbocycles.